The van der Waals surface area contributed by atoms with Gasteiger partial charge < -0.3 is 0 Å². The first kappa shape index (κ1) is 20.0. The molecule has 0 radical (unpaired) electrons. The SMILES string of the molecule is CCCCN(CCCC)C(=[Se])N(CCCC)CCCC. The second kappa shape index (κ2) is 13.9. The fraction of sp³-hybridized carbons (Fsp3) is 0.941. The Morgan fingerprint density at radius 1 is 0.600 bits per heavy atom. The Balaban J connectivity index is 4.54. The molecule has 0 rings (SSSR count). The Bertz CT molecular complexity index is 193. The van der Waals surface area contributed by atoms with Crippen molar-refractivity contribution in [2.75, 3.05) is 26.2 Å². The van der Waals surface area contributed by atoms with E-state index in [1.165, 1.54) is 82.2 Å². The summed E-state index contributed by atoms with van der Waals surface area (Å²) in [5.41, 5.74) is 0. The van der Waals surface area contributed by atoms with E-state index in [-0.39, 0.29) is 0 Å². The Morgan fingerprint density at radius 2 is 0.850 bits per heavy atom. The van der Waals surface area contributed by atoms with Crippen LogP contribution < -0.4 is 0 Å². The van der Waals surface area contributed by atoms with Crippen molar-refractivity contribution in [3.05, 3.63) is 0 Å². The van der Waals surface area contributed by atoms with E-state index >= 15 is 0 Å². The Labute approximate surface area is 135 Å². The molecule has 120 valence electrons. The zero-order valence-corrected chi connectivity index (χ0v) is 16.0. The van der Waals surface area contributed by atoms with Crippen LogP contribution in [0.4, 0.5) is 0 Å². The standard InChI is InChI=1S/C17H36N2Se/c1-5-9-13-18(14-10-6-2)17(20)19(15-11-7-3)16-12-8-4/h5-16H2,1-4H3. The van der Waals surface area contributed by atoms with E-state index < -0.39 is 0 Å². The van der Waals surface area contributed by atoms with Gasteiger partial charge in [-0.25, -0.2) is 0 Å². The molecule has 0 aromatic carbocycles. The van der Waals surface area contributed by atoms with E-state index in [1.54, 1.807) is 0 Å². The Kier molecular flexibility index (Phi) is 13.9. The first-order valence-corrected chi connectivity index (χ1v) is 9.60. The van der Waals surface area contributed by atoms with Crippen molar-refractivity contribution < 1.29 is 0 Å². The molecule has 0 N–H and O–H groups in total. The molecule has 0 aromatic rings. The van der Waals surface area contributed by atoms with E-state index in [2.05, 4.69) is 53.1 Å². The van der Waals surface area contributed by atoms with Crippen molar-refractivity contribution in [1.29, 1.82) is 0 Å². The van der Waals surface area contributed by atoms with Crippen molar-refractivity contribution in [2.45, 2.75) is 79.1 Å². The van der Waals surface area contributed by atoms with Crippen molar-refractivity contribution in [3.63, 3.8) is 0 Å². The van der Waals surface area contributed by atoms with Crippen LogP contribution >= 0.6 is 0 Å². The third kappa shape index (κ3) is 9.02. The molecule has 2 nitrogen and oxygen atoms in total. The second-order valence-corrected chi connectivity index (χ2v) is 6.44. The van der Waals surface area contributed by atoms with Crippen molar-refractivity contribution in [2.24, 2.45) is 0 Å². The third-order valence-electron chi connectivity index (χ3n) is 3.67. The monoisotopic (exact) mass is 348 g/mol. The van der Waals surface area contributed by atoms with Crippen LogP contribution in [0.3, 0.4) is 0 Å². The average molecular weight is 347 g/mol. The van der Waals surface area contributed by atoms with Crippen LogP contribution in [0.2, 0.25) is 0 Å². The molecule has 0 aliphatic heterocycles. The molecular weight excluding hydrogens is 311 g/mol. The minimum absolute atomic E-state index is 1.20. The predicted octanol–water partition coefficient (Wildman–Crippen LogP) is 4.05. The molecule has 0 aromatic heterocycles. The fourth-order valence-electron chi connectivity index (χ4n) is 2.20. The van der Waals surface area contributed by atoms with Gasteiger partial charge in [0.25, 0.3) is 0 Å². The van der Waals surface area contributed by atoms with Gasteiger partial charge in [-0.15, -0.1) is 0 Å². The zero-order chi connectivity index (χ0) is 15.2. The summed E-state index contributed by atoms with van der Waals surface area (Å²) in [6, 6.07) is 0. The maximum absolute atomic E-state index is 3.38. The quantitative estimate of drug-likeness (QED) is 0.438. The summed E-state index contributed by atoms with van der Waals surface area (Å²) in [6.07, 6.45) is 10.3. The van der Waals surface area contributed by atoms with Crippen LogP contribution in [-0.4, -0.2) is 56.2 Å². The van der Waals surface area contributed by atoms with Crippen LogP contribution in [0.5, 0.6) is 0 Å². The topological polar surface area (TPSA) is 6.48 Å². The second-order valence-electron chi connectivity index (χ2n) is 5.67. The van der Waals surface area contributed by atoms with Crippen molar-refractivity contribution in [1.82, 2.24) is 9.80 Å². The van der Waals surface area contributed by atoms with Gasteiger partial charge in [0.15, 0.2) is 0 Å². The molecule has 0 unspecified atom stereocenters. The minimum atomic E-state index is 1.20. The molecule has 0 fully saturated rings. The number of unbranched alkanes of at least 4 members (excludes halogenated alkanes) is 4. The summed E-state index contributed by atoms with van der Waals surface area (Å²) >= 11 is 3.38. The number of nitrogens with zero attached hydrogens (tertiary/aromatic N) is 2. The summed E-state index contributed by atoms with van der Waals surface area (Å²) in [6.45, 7) is 13.9. The summed E-state index contributed by atoms with van der Waals surface area (Å²) in [7, 11) is 0. The van der Waals surface area contributed by atoms with Crippen LogP contribution in [-0.2, 0) is 0 Å². The Morgan fingerprint density at radius 3 is 1.05 bits per heavy atom. The van der Waals surface area contributed by atoms with Crippen LogP contribution in [0.25, 0.3) is 0 Å². The van der Waals surface area contributed by atoms with Gasteiger partial charge in [-0.1, -0.05) is 0 Å². The molecule has 0 heterocycles. The summed E-state index contributed by atoms with van der Waals surface area (Å²) in [4.78, 5) is 5.16. The van der Waals surface area contributed by atoms with Gasteiger partial charge in [0.2, 0.25) is 0 Å². The van der Waals surface area contributed by atoms with Crippen molar-refractivity contribution in [3.8, 4) is 0 Å². The summed E-state index contributed by atoms with van der Waals surface area (Å²) in [5, 5.41) is 0. The summed E-state index contributed by atoms with van der Waals surface area (Å²) < 4.78 is 1.40. The molecular formula is C17H36N2Se. The van der Waals surface area contributed by atoms with Crippen molar-refractivity contribution >= 4 is 20.2 Å². The van der Waals surface area contributed by atoms with Crippen LogP contribution in [0, 0.1) is 0 Å². The zero-order valence-electron chi connectivity index (χ0n) is 14.3. The molecule has 0 spiro atoms. The molecule has 0 saturated carbocycles. The van der Waals surface area contributed by atoms with Gasteiger partial charge in [0.1, 0.15) is 0 Å². The maximum atomic E-state index is 3.38. The fourth-order valence-corrected chi connectivity index (χ4v) is 2.97. The predicted molar refractivity (Wildman–Crippen MR) is 93.5 cm³/mol. The van der Waals surface area contributed by atoms with Gasteiger partial charge >= 0.3 is 135 Å². The number of hydrogen-bond acceptors (Lipinski definition) is 2. The number of rotatable bonds is 14. The molecule has 3 heteroatoms. The van der Waals surface area contributed by atoms with Gasteiger partial charge in [-0.3, -0.25) is 0 Å². The van der Waals surface area contributed by atoms with E-state index in [0.29, 0.717) is 0 Å². The molecule has 0 aliphatic rings. The molecule has 0 atom stereocenters. The van der Waals surface area contributed by atoms with Crippen LogP contribution in [0.1, 0.15) is 79.1 Å². The van der Waals surface area contributed by atoms with Gasteiger partial charge in [-0.2, -0.15) is 0 Å². The summed E-state index contributed by atoms with van der Waals surface area (Å²) in [5.74, 6) is 0. The molecule has 20 heavy (non-hydrogen) atoms. The van der Waals surface area contributed by atoms with Crippen LogP contribution in [0.15, 0.2) is 0 Å². The first-order valence-electron chi connectivity index (χ1n) is 8.74. The van der Waals surface area contributed by atoms with E-state index in [4.69, 9.17) is 0 Å². The molecule has 0 aliphatic carbocycles. The van der Waals surface area contributed by atoms with Gasteiger partial charge in [0, 0.05) is 0 Å². The van der Waals surface area contributed by atoms with E-state index in [1.807, 2.05) is 0 Å². The molecule has 0 amide bonds. The first-order chi connectivity index (χ1) is 9.71. The van der Waals surface area contributed by atoms with Gasteiger partial charge in [-0.05, 0) is 0 Å². The normalized spacial score (nSPS) is 10.6. The van der Waals surface area contributed by atoms with E-state index in [0.717, 1.165) is 0 Å². The third-order valence-corrected chi connectivity index (χ3v) is 4.75. The average Bonchev–Trinajstić information content (AvgIpc) is 2.47. The Hall–Kier alpha value is -0.0105. The molecule has 0 bridgehead atoms. The van der Waals surface area contributed by atoms with Gasteiger partial charge in [0.05, 0.1) is 0 Å². The number of hydrogen-bond donors (Lipinski definition) is 0. The molecule has 0 saturated heterocycles. The van der Waals surface area contributed by atoms with E-state index in [9.17, 15) is 0 Å².